The van der Waals surface area contributed by atoms with Gasteiger partial charge in [0.2, 0.25) is 10.0 Å². The first kappa shape index (κ1) is 16.3. The summed E-state index contributed by atoms with van der Waals surface area (Å²) in [4.78, 5) is 16.7. The first-order chi connectivity index (χ1) is 10.8. The van der Waals surface area contributed by atoms with Gasteiger partial charge in [-0.2, -0.15) is 0 Å². The van der Waals surface area contributed by atoms with Crippen molar-refractivity contribution in [2.75, 3.05) is 43.8 Å². The van der Waals surface area contributed by atoms with Gasteiger partial charge in [0.15, 0.2) is 0 Å². The summed E-state index contributed by atoms with van der Waals surface area (Å²) in [6, 6.07) is 5.27. The van der Waals surface area contributed by atoms with Crippen LogP contribution in [0.3, 0.4) is 0 Å². The van der Waals surface area contributed by atoms with Crippen LogP contribution in [0.5, 0.6) is 0 Å². The summed E-state index contributed by atoms with van der Waals surface area (Å²) in [5.74, 6) is 0.0337. The predicted octanol–water partition coefficient (Wildman–Crippen LogP) is 0.785. The molecule has 0 aliphatic carbocycles. The Bertz CT molecular complexity index is 724. The molecule has 6 nitrogen and oxygen atoms in total. The van der Waals surface area contributed by atoms with Gasteiger partial charge in [-0.25, -0.2) is 8.42 Å². The Morgan fingerprint density at radius 1 is 1.17 bits per heavy atom. The molecule has 1 aromatic carbocycles. The third-order valence-corrected chi connectivity index (χ3v) is 5.90. The molecule has 0 N–H and O–H groups in total. The van der Waals surface area contributed by atoms with E-state index < -0.39 is 10.0 Å². The van der Waals surface area contributed by atoms with E-state index in [1.165, 1.54) is 10.6 Å². The van der Waals surface area contributed by atoms with Crippen LogP contribution in [0.25, 0.3) is 0 Å². The average molecular weight is 337 g/mol. The number of sulfonamides is 1. The van der Waals surface area contributed by atoms with Gasteiger partial charge in [-0.3, -0.25) is 9.10 Å². The fourth-order valence-corrected chi connectivity index (χ4v) is 4.70. The molecule has 7 heteroatoms. The lowest BCUT2D eigenvalue weighted by Crippen LogP contribution is -2.47. The highest BCUT2D eigenvalue weighted by atomic mass is 32.2. The zero-order valence-corrected chi connectivity index (χ0v) is 14.6. The molecule has 0 radical (unpaired) electrons. The lowest BCUT2D eigenvalue weighted by atomic mass is 10.1. The van der Waals surface area contributed by atoms with Gasteiger partial charge in [-0.1, -0.05) is 0 Å². The summed E-state index contributed by atoms with van der Waals surface area (Å²) in [6.45, 7) is 5.13. The molecule has 1 amide bonds. The number of anilines is 1. The second kappa shape index (κ2) is 5.79. The fraction of sp³-hybridized carbons (Fsp3) is 0.562. The van der Waals surface area contributed by atoms with E-state index in [1.807, 2.05) is 17.9 Å². The number of fused-ring (bicyclic) bond motifs is 1. The maximum atomic E-state index is 12.6. The van der Waals surface area contributed by atoms with Crippen LogP contribution in [0.1, 0.15) is 22.8 Å². The summed E-state index contributed by atoms with van der Waals surface area (Å²) in [6.07, 6.45) is 1.87. The zero-order chi connectivity index (χ0) is 16.8. The molecule has 1 saturated heterocycles. The molecule has 23 heavy (non-hydrogen) atoms. The Morgan fingerprint density at radius 2 is 1.83 bits per heavy atom. The molecule has 126 valence electrons. The molecule has 1 fully saturated rings. The number of piperazine rings is 1. The van der Waals surface area contributed by atoms with E-state index in [2.05, 4.69) is 11.9 Å². The van der Waals surface area contributed by atoms with Crippen molar-refractivity contribution in [1.29, 1.82) is 0 Å². The van der Waals surface area contributed by atoms with E-state index in [4.69, 9.17) is 0 Å². The fourth-order valence-electron chi connectivity index (χ4n) is 3.43. The number of carbonyl (C=O) groups excluding carboxylic acids is 1. The Labute approximate surface area is 137 Å². The monoisotopic (exact) mass is 337 g/mol. The zero-order valence-electron chi connectivity index (χ0n) is 13.8. The molecule has 2 aliphatic rings. The van der Waals surface area contributed by atoms with Crippen molar-refractivity contribution in [3.63, 3.8) is 0 Å². The van der Waals surface area contributed by atoms with E-state index in [0.717, 1.165) is 31.7 Å². The molecule has 3 rings (SSSR count). The van der Waals surface area contributed by atoms with Crippen LogP contribution in [0.15, 0.2) is 18.2 Å². The number of benzene rings is 1. The van der Waals surface area contributed by atoms with Crippen LogP contribution in [0.2, 0.25) is 0 Å². The van der Waals surface area contributed by atoms with Crippen LogP contribution in [-0.4, -0.2) is 69.6 Å². The van der Waals surface area contributed by atoms with Crippen molar-refractivity contribution >= 4 is 21.6 Å². The van der Waals surface area contributed by atoms with E-state index in [0.29, 0.717) is 17.7 Å². The molecule has 1 atom stereocenters. The minimum atomic E-state index is -3.29. The van der Waals surface area contributed by atoms with Crippen LogP contribution in [0.4, 0.5) is 5.69 Å². The molecule has 0 bridgehead atoms. The number of hydrogen-bond acceptors (Lipinski definition) is 4. The molecule has 2 aliphatic heterocycles. The minimum absolute atomic E-state index is 0.0337. The normalized spacial score (nSPS) is 22.3. The van der Waals surface area contributed by atoms with Crippen molar-refractivity contribution < 1.29 is 13.2 Å². The Morgan fingerprint density at radius 3 is 2.43 bits per heavy atom. The standard InChI is InChI=1S/C16H23N3O3S/c1-12-10-14-11-13(4-5-15(14)19(12)23(3,21)22)16(20)18-8-6-17(2)7-9-18/h4-5,11-12H,6-10H2,1-3H3/t12-/m0/s1. The smallest absolute Gasteiger partial charge is 0.253 e. The molecule has 0 spiro atoms. The lowest BCUT2D eigenvalue weighted by Gasteiger charge is -2.32. The van der Waals surface area contributed by atoms with Crippen molar-refractivity contribution in [2.24, 2.45) is 0 Å². The molecular weight excluding hydrogens is 314 g/mol. The quantitative estimate of drug-likeness (QED) is 0.800. The summed E-state index contributed by atoms with van der Waals surface area (Å²) in [7, 11) is -1.24. The van der Waals surface area contributed by atoms with E-state index >= 15 is 0 Å². The highest BCUT2D eigenvalue weighted by molar-refractivity contribution is 7.92. The van der Waals surface area contributed by atoms with Crippen molar-refractivity contribution in [1.82, 2.24) is 9.80 Å². The van der Waals surface area contributed by atoms with Crippen molar-refractivity contribution in [3.8, 4) is 0 Å². The van der Waals surface area contributed by atoms with E-state index in [-0.39, 0.29) is 11.9 Å². The van der Waals surface area contributed by atoms with Crippen LogP contribution < -0.4 is 4.31 Å². The molecule has 0 aromatic heterocycles. The minimum Gasteiger partial charge on any atom is -0.336 e. The number of nitrogens with zero attached hydrogens (tertiary/aromatic N) is 3. The topological polar surface area (TPSA) is 60.9 Å². The second-order valence-corrected chi connectivity index (χ2v) is 8.41. The van der Waals surface area contributed by atoms with Gasteiger partial charge < -0.3 is 9.80 Å². The number of amides is 1. The molecule has 0 saturated carbocycles. The molecule has 1 aromatic rings. The van der Waals surface area contributed by atoms with Gasteiger partial charge in [-0.15, -0.1) is 0 Å². The third-order valence-electron chi connectivity index (χ3n) is 4.63. The van der Waals surface area contributed by atoms with E-state index in [9.17, 15) is 13.2 Å². The summed E-state index contributed by atoms with van der Waals surface area (Å²) in [5.41, 5.74) is 2.29. The van der Waals surface area contributed by atoms with Crippen LogP contribution in [0, 0.1) is 0 Å². The average Bonchev–Trinajstić information content (AvgIpc) is 2.82. The van der Waals surface area contributed by atoms with Gasteiger partial charge in [0.1, 0.15) is 0 Å². The number of rotatable bonds is 2. The van der Waals surface area contributed by atoms with Gasteiger partial charge in [0.25, 0.3) is 5.91 Å². The van der Waals surface area contributed by atoms with Gasteiger partial charge >= 0.3 is 0 Å². The number of hydrogen-bond donors (Lipinski definition) is 0. The molecule has 2 heterocycles. The maximum Gasteiger partial charge on any atom is 0.253 e. The Balaban J connectivity index is 1.85. The van der Waals surface area contributed by atoms with Gasteiger partial charge in [0, 0.05) is 37.8 Å². The SMILES string of the molecule is C[C@H]1Cc2cc(C(=O)N3CCN(C)CC3)ccc2N1S(C)(=O)=O. The molecular formula is C16H23N3O3S. The highest BCUT2D eigenvalue weighted by Crippen LogP contribution is 2.34. The maximum absolute atomic E-state index is 12.6. The van der Waals surface area contributed by atoms with Gasteiger partial charge in [0.05, 0.1) is 11.9 Å². The molecule has 0 unspecified atom stereocenters. The van der Waals surface area contributed by atoms with Crippen LogP contribution in [-0.2, 0) is 16.4 Å². The summed E-state index contributed by atoms with van der Waals surface area (Å²) in [5, 5.41) is 0. The van der Waals surface area contributed by atoms with E-state index in [1.54, 1.807) is 12.1 Å². The first-order valence-electron chi connectivity index (χ1n) is 7.87. The summed E-state index contributed by atoms with van der Waals surface area (Å²) >= 11 is 0. The Kier molecular flexibility index (Phi) is 4.10. The Hall–Kier alpha value is -1.60. The number of likely N-dealkylation sites (N-methyl/N-ethyl adjacent to an activating group) is 1. The second-order valence-electron chi connectivity index (χ2n) is 6.55. The van der Waals surface area contributed by atoms with Gasteiger partial charge in [-0.05, 0) is 44.2 Å². The number of carbonyl (C=O) groups is 1. The van der Waals surface area contributed by atoms with Crippen molar-refractivity contribution in [2.45, 2.75) is 19.4 Å². The highest BCUT2D eigenvalue weighted by Gasteiger charge is 2.33. The summed E-state index contributed by atoms with van der Waals surface area (Å²) < 4.78 is 25.4. The van der Waals surface area contributed by atoms with Crippen molar-refractivity contribution in [3.05, 3.63) is 29.3 Å². The first-order valence-corrected chi connectivity index (χ1v) is 9.72. The van der Waals surface area contributed by atoms with Crippen LogP contribution >= 0.6 is 0 Å². The lowest BCUT2D eigenvalue weighted by molar-refractivity contribution is 0.0664. The third kappa shape index (κ3) is 3.07. The largest absolute Gasteiger partial charge is 0.336 e. The predicted molar refractivity (Wildman–Crippen MR) is 90.3 cm³/mol.